The third-order valence-corrected chi connectivity index (χ3v) is 3.28. The van der Waals surface area contributed by atoms with Gasteiger partial charge < -0.3 is 15.1 Å². The molecule has 0 radical (unpaired) electrons. The van der Waals surface area contributed by atoms with Gasteiger partial charge in [0.15, 0.2) is 0 Å². The summed E-state index contributed by atoms with van der Waals surface area (Å²) in [6.45, 7) is 3.20. The van der Waals surface area contributed by atoms with Gasteiger partial charge in [0.05, 0.1) is 10.2 Å². The van der Waals surface area contributed by atoms with Gasteiger partial charge >= 0.3 is 0 Å². The van der Waals surface area contributed by atoms with Crippen molar-refractivity contribution in [2.75, 3.05) is 38.2 Å². The molecule has 1 fully saturated rings. The van der Waals surface area contributed by atoms with Crippen molar-refractivity contribution in [3.05, 3.63) is 16.9 Å². The van der Waals surface area contributed by atoms with Gasteiger partial charge in [-0.3, -0.25) is 0 Å². The number of oxime groups is 1. The number of likely N-dealkylation sites (N-methyl/N-ethyl adjacent to an activating group) is 1. The average molecular weight is 328 g/mol. The van der Waals surface area contributed by atoms with Gasteiger partial charge in [0.2, 0.25) is 5.95 Å². The molecule has 0 aromatic carbocycles. The molecule has 0 spiro atoms. The Hall–Kier alpha value is -1.21. The van der Waals surface area contributed by atoms with E-state index in [0.29, 0.717) is 6.61 Å². The summed E-state index contributed by atoms with van der Waals surface area (Å²) in [4.78, 5) is 16.0. The largest absolute Gasteiger partial charge is 0.394 e. The van der Waals surface area contributed by atoms with E-state index in [4.69, 9.17) is 4.84 Å². The SMILES string of the molecule is CNCCON=C1CCN(c2ncc(Br)cn2)CC1. The molecule has 0 saturated carbocycles. The summed E-state index contributed by atoms with van der Waals surface area (Å²) in [5.74, 6) is 0.776. The molecule has 0 bridgehead atoms. The summed E-state index contributed by atoms with van der Waals surface area (Å²) in [5, 5.41) is 7.18. The van der Waals surface area contributed by atoms with E-state index in [1.54, 1.807) is 12.4 Å². The number of aromatic nitrogens is 2. The van der Waals surface area contributed by atoms with Crippen LogP contribution in [0.1, 0.15) is 12.8 Å². The van der Waals surface area contributed by atoms with Crippen LogP contribution in [0.25, 0.3) is 0 Å². The van der Waals surface area contributed by atoms with Crippen molar-refractivity contribution in [2.24, 2.45) is 5.16 Å². The second-order valence-corrected chi connectivity index (χ2v) is 5.20. The molecule has 0 unspecified atom stereocenters. The minimum Gasteiger partial charge on any atom is -0.394 e. The number of rotatable bonds is 5. The van der Waals surface area contributed by atoms with Crippen LogP contribution in [-0.2, 0) is 4.84 Å². The molecule has 1 aromatic heterocycles. The Balaban J connectivity index is 1.80. The van der Waals surface area contributed by atoms with E-state index < -0.39 is 0 Å². The van der Waals surface area contributed by atoms with Crippen LogP contribution >= 0.6 is 15.9 Å². The smallest absolute Gasteiger partial charge is 0.225 e. The number of nitrogens with zero attached hydrogens (tertiary/aromatic N) is 4. The number of nitrogens with one attached hydrogen (secondary N) is 1. The monoisotopic (exact) mass is 327 g/mol. The molecule has 1 aliphatic rings. The van der Waals surface area contributed by atoms with Gasteiger partial charge in [0, 0.05) is 44.9 Å². The molecule has 1 aliphatic heterocycles. The van der Waals surface area contributed by atoms with Crippen molar-refractivity contribution in [1.29, 1.82) is 0 Å². The second-order valence-electron chi connectivity index (χ2n) is 4.28. The van der Waals surface area contributed by atoms with Crippen LogP contribution in [0.15, 0.2) is 22.0 Å². The molecular formula is C12H18BrN5O. The fraction of sp³-hybridized carbons (Fsp3) is 0.583. The van der Waals surface area contributed by atoms with Crippen LogP contribution < -0.4 is 10.2 Å². The number of halogens is 1. The first kappa shape index (κ1) is 14.2. The molecule has 7 heteroatoms. The maximum Gasteiger partial charge on any atom is 0.225 e. The van der Waals surface area contributed by atoms with E-state index in [1.165, 1.54) is 0 Å². The van der Waals surface area contributed by atoms with Crippen LogP contribution in [0.5, 0.6) is 0 Å². The molecule has 19 heavy (non-hydrogen) atoms. The number of hydrogen-bond donors (Lipinski definition) is 1. The second kappa shape index (κ2) is 7.40. The van der Waals surface area contributed by atoms with Crippen molar-refractivity contribution in [1.82, 2.24) is 15.3 Å². The Morgan fingerprint density at radius 2 is 2.05 bits per heavy atom. The van der Waals surface area contributed by atoms with Gasteiger partial charge in [-0.15, -0.1) is 0 Å². The maximum absolute atomic E-state index is 5.24. The summed E-state index contributed by atoms with van der Waals surface area (Å²) in [7, 11) is 1.90. The standard InChI is InChI=1S/C12H18BrN5O/c1-14-4-7-19-17-11-2-5-18(6-3-11)12-15-8-10(13)9-16-12/h8-9,14H,2-7H2,1H3. The summed E-state index contributed by atoms with van der Waals surface area (Å²) in [6.07, 6.45) is 5.34. The quantitative estimate of drug-likeness (QED) is 0.654. The average Bonchev–Trinajstić information content (AvgIpc) is 2.45. The number of piperidine rings is 1. The van der Waals surface area contributed by atoms with Gasteiger partial charge in [-0.2, -0.15) is 0 Å². The minimum absolute atomic E-state index is 0.611. The molecule has 6 nitrogen and oxygen atoms in total. The van der Waals surface area contributed by atoms with Gasteiger partial charge in [0.25, 0.3) is 0 Å². The molecule has 1 aromatic rings. The number of hydrogen-bond acceptors (Lipinski definition) is 6. The Kier molecular flexibility index (Phi) is 5.53. The first-order chi connectivity index (χ1) is 9.29. The van der Waals surface area contributed by atoms with Crippen molar-refractivity contribution >= 4 is 27.6 Å². The molecule has 104 valence electrons. The van der Waals surface area contributed by atoms with Gasteiger partial charge in [0.1, 0.15) is 6.61 Å². The fourth-order valence-electron chi connectivity index (χ4n) is 1.81. The fourth-order valence-corrected chi connectivity index (χ4v) is 2.01. The molecule has 1 N–H and O–H groups in total. The molecule has 0 amide bonds. The first-order valence-corrected chi connectivity index (χ1v) is 7.13. The van der Waals surface area contributed by atoms with E-state index in [1.807, 2.05) is 7.05 Å². The Bertz CT molecular complexity index is 413. The number of anilines is 1. The summed E-state index contributed by atoms with van der Waals surface area (Å²) >= 11 is 3.34. The summed E-state index contributed by atoms with van der Waals surface area (Å²) in [6, 6.07) is 0. The predicted molar refractivity (Wildman–Crippen MR) is 78.5 cm³/mol. The van der Waals surface area contributed by atoms with Gasteiger partial charge in [-0.25, -0.2) is 9.97 Å². The van der Waals surface area contributed by atoms with Crippen molar-refractivity contribution in [3.63, 3.8) is 0 Å². The highest BCUT2D eigenvalue weighted by molar-refractivity contribution is 9.10. The minimum atomic E-state index is 0.611. The van der Waals surface area contributed by atoms with E-state index in [2.05, 4.69) is 41.3 Å². The third-order valence-electron chi connectivity index (χ3n) is 2.87. The zero-order valence-electron chi connectivity index (χ0n) is 11.0. The van der Waals surface area contributed by atoms with Crippen molar-refractivity contribution < 1.29 is 4.84 Å². The lowest BCUT2D eigenvalue weighted by Crippen LogP contribution is -2.35. The normalized spacial score (nSPS) is 15.5. The molecule has 1 saturated heterocycles. The van der Waals surface area contributed by atoms with Gasteiger partial charge in [-0.1, -0.05) is 5.16 Å². The van der Waals surface area contributed by atoms with Crippen LogP contribution in [0, 0.1) is 0 Å². The molecule has 2 heterocycles. The van der Waals surface area contributed by atoms with Gasteiger partial charge in [-0.05, 0) is 23.0 Å². The van der Waals surface area contributed by atoms with Crippen molar-refractivity contribution in [2.45, 2.75) is 12.8 Å². The molecular weight excluding hydrogens is 310 g/mol. The predicted octanol–water partition coefficient (Wildman–Crippen LogP) is 1.43. The van der Waals surface area contributed by atoms with Crippen LogP contribution in [0.4, 0.5) is 5.95 Å². The Labute approximate surface area is 121 Å². The van der Waals surface area contributed by atoms with Crippen LogP contribution in [0.2, 0.25) is 0 Å². The zero-order chi connectivity index (χ0) is 13.5. The Morgan fingerprint density at radius 3 is 2.68 bits per heavy atom. The van der Waals surface area contributed by atoms with E-state index in [-0.39, 0.29) is 0 Å². The van der Waals surface area contributed by atoms with E-state index in [0.717, 1.165) is 48.6 Å². The lowest BCUT2D eigenvalue weighted by Gasteiger charge is -2.27. The van der Waals surface area contributed by atoms with E-state index >= 15 is 0 Å². The highest BCUT2D eigenvalue weighted by Gasteiger charge is 2.17. The maximum atomic E-state index is 5.24. The van der Waals surface area contributed by atoms with E-state index in [9.17, 15) is 0 Å². The van der Waals surface area contributed by atoms with Crippen LogP contribution in [0.3, 0.4) is 0 Å². The lowest BCUT2D eigenvalue weighted by atomic mass is 10.1. The highest BCUT2D eigenvalue weighted by atomic mass is 79.9. The zero-order valence-corrected chi connectivity index (χ0v) is 12.6. The summed E-state index contributed by atoms with van der Waals surface area (Å²) in [5.41, 5.74) is 1.12. The summed E-state index contributed by atoms with van der Waals surface area (Å²) < 4.78 is 0.897. The van der Waals surface area contributed by atoms with Crippen molar-refractivity contribution in [3.8, 4) is 0 Å². The first-order valence-electron chi connectivity index (χ1n) is 6.34. The molecule has 2 rings (SSSR count). The van der Waals surface area contributed by atoms with Crippen LogP contribution in [-0.4, -0.2) is 49.0 Å². The molecule has 0 aliphatic carbocycles. The third kappa shape index (κ3) is 4.43. The lowest BCUT2D eigenvalue weighted by molar-refractivity contribution is 0.146. The Morgan fingerprint density at radius 1 is 1.37 bits per heavy atom. The highest BCUT2D eigenvalue weighted by Crippen LogP contribution is 2.15. The molecule has 0 atom stereocenters. The topological polar surface area (TPSA) is 62.6 Å².